The van der Waals surface area contributed by atoms with Gasteiger partial charge in [0.2, 0.25) is 5.91 Å². The van der Waals surface area contributed by atoms with Gasteiger partial charge in [0.15, 0.2) is 0 Å². The minimum absolute atomic E-state index is 0.315. The van der Waals surface area contributed by atoms with Gasteiger partial charge in [-0.2, -0.15) is 0 Å². The molecule has 0 aromatic heterocycles. The van der Waals surface area contributed by atoms with Crippen molar-refractivity contribution in [2.75, 3.05) is 13.1 Å². The Kier molecular flexibility index (Phi) is 3.86. The normalized spacial score (nSPS) is 19.1. The monoisotopic (exact) mass is 257 g/mol. The van der Waals surface area contributed by atoms with Gasteiger partial charge in [-0.15, -0.1) is 0 Å². The van der Waals surface area contributed by atoms with Crippen LogP contribution in [0.3, 0.4) is 0 Å². The van der Waals surface area contributed by atoms with Gasteiger partial charge >= 0.3 is 0 Å². The van der Waals surface area contributed by atoms with E-state index in [9.17, 15) is 4.79 Å². The van der Waals surface area contributed by atoms with Crippen LogP contribution in [-0.2, 0) is 24.1 Å². The molecule has 2 nitrogen and oxygen atoms in total. The number of likely N-dealkylation sites (tertiary alicyclic amines) is 1. The first-order chi connectivity index (χ1) is 9.33. The first kappa shape index (κ1) is 12.7. The highest BCUT2D eigenvalue weighted by Gasteiger charge is 2.17. The summed E-state index contributed by atoms with van der Waals surface area (Å²) in [5.41, 5.74) is 4.19. The molecule has 1 fully saturated rings. The molecule has 102 valence electrons. The molecule has 2 aliphatic rings. The zero-order valence-corrected chi connectivity index (χ0v) is 11.7. The predicted molar refractivity (Wildman–Crippen MR) is 77.2 cm³/mol. The Bertz CT molecular complexity index is 460. The van der Waals surface area contributed by atoms with Crippen LogP contribution in [0.4, 0.5) is 0 Å². The van der Waals surface area contributed by atoms with Gasteiger partial charge in [-0.05, 0) is 61.6 Å². The summed E-state index contributed by atoms with van der Waals surface area (Å²) in [5.74, 6) is 0.315. The maximum absolute atomic E-state index is 12.3. The summed E-state index contributed by atoms with van der Waals surface area (Å²) in [5, 5.41) is 0. The molecule has 1 aliphatic heterocycles. The van der Waals surface area contributed by atoms with Gasteiger partial charge in [0, 0.05) is 13.1 Å². The van der Waals surface area contributed by atoms with E-state index >= 15 is 0 Å². The van der Waals surface area contributed by atoms with Gasteiger partial charge in [-0.3, -0.25) is 4.79 Å². The van der Waals surface area contributed by atoms with Crippen LogP contribution >= 0.6 is 0 Å². The van der Waals surface area contributed by atoms with Crippen LogP contribution in [0.15, 0.2) is 18.2 Å². The van der Waals surface area contributed by atoms with Crippen LogP contribution in [0.1, 0.15) is 48.8 Å². The molecule has 0 radical (unpaired) electrons. The van der Waals surface area contributed by atoms with Crippen molar-refractivity contribution in [2.45, 2.75) is 51.4 Å². The number of hydrogen-bond donors (Lipinski definition) is 0. The van der Waals surface area contributed by atoms with E-state index in [4.69, 9.17) is 0 Å². The first-order valence-corrected chi connectivity index (χ1v) is 7.71. The summed E-state index contributed by atoms with van der Waals surface area (Å²) < 4.78 is 0. The third kappa shape index (κ3) is 2.99. The van der Waals surface area contributed by atoms with Crippen molar-refractivity contribution in [3.8, 4) is 0 Å². The van der Waals surface area contributed by atoms with E-state index in [1.807, 2.05) is 4.90 Å². The predicted octanol–water partition coefficient (Wildman–Crippen LogP) is 3.12. The number of aryl methyl sites for hydroxylation is 2. The molecule has 1 saturated heterocycles. The molecule has 1 amide bonds. The van der Waals surface area contributed by atoms with Crippen LogP contribution in [0.2, 0.25) is 0 Å². The highest BCUT2D eigenvalue weighted by atomic mass is 16.2. The second-order valence-electron chi connectivity index (χ2n) is 5.93. The third-order valence-corrected chi connectivity index (χ3v) is 4.48. The lowest BCUT2D eigenvalue weighted by molar-refractivity contribution is -0.131. The topological polar surface area (TPSA) is 20.3 Å². The van der Waals surface area contributed by atoms with E-state index in [0.717, 1.165) is 13.1 Å². The number of fused-ring (bicyclic) bond motifs is 1. The quantitative estimate of drug-likeness (QED) is 0.797. The van der Waals surface area contributed by atoms with Crippen molar-refractivity contribution in [3.63, 3.8) is 0 Å². The van der Waals surface area contributed by atoms with Crippen LogP contribution in [0.5, 0.6) is 0 Å². The van der Waals surface area contributed by atoms with E-state index in [1.54, 1.807) is 0 Å². The Hall–Kier alpha value is -1.31. The van der Waals surface area contributed by atoms with Crippen LogP contribution < -0.4 is 0 Å². The lowest BCUT2D eigenvalue weighted by atomic mass is 9.90. The number of rotatable bonds is 2. The van der Waals surface area contributed by atoms with E-state index in [2.05, 4.69) is 18.2 Å². The second-order valence-corrected chi connectivity index (χ2v) is 5.93. The van der Waals surface area contributed by atoms with E-state index < -0.39 is 0 Å². The molecule has 0 atom stereocenters. The van der Waals surface area contributed by atoms with E-state index in [0.29, 0.717) is 12.3 Å². The largest absolute Gasteiger partial charge is 0.342 e. The minimum atomic E-state index is 0.315. The average molecular weight is 257 g/mol. The molecule has 2 heteroatoms. The molecule has 0 bridgehead atoms. The summed E-state index contributed by atoms with van der Waals surface area (Å²) in [6.07, 6.45) is 9.26. The number of benzene rings is 1. The van der Waals surface area contributed by atoms with Crippen molar-refractivity contribution in [2.24, 2.45) is 0 Å². The second kappa shape index (κ2) is 5.77. The molecular weight excluding hydrogens is 234 g/mol. The number of carbonyl (C=O) groups excluding carboxylic acids is 1. The Morgan fingerprint density at radius 2 is 1.68 bits per heavy atom. The Balaban J connectivity index is 1.67. The number of carbonyl (C=O) groups is 1. The maximum atomic E-state index is 12.3. The third-order valence-electron chi connectivity index (χ3n) is 4.48. The smallest absolute Gasteiger partial charge is 0.226 e. The van der Waals surface area contributed by atoms with Crippen molar-refractivity contribution in [1.29, 1.82) is 0 Å². The Labute approximate surface area is 115 Å². The van der Waals surface area contributed by atoms with Gasteiger partial charge < -0.3 is 4.90 Å². The summed E-state index contributed by atoms with van der Waals surface area (Å²) in [7, 11) is 0. The van der Waals surface area contributed by atoms with Gasteiger partial charge in [0.1, 0.15) is 0 Å². The number of nitrogens with zero attached hydrogens (tertiary/aromatic N) is 1. The average Bonchev–Trinajstić information content (AvgIpc) is 2.48. The molecule has 19 heavy (non-hydrogen) atoms. The highest BCUT2D eigenvalue weighted by molar-refractivity contribution is 5.79. The van der Waals surface area contributed by atoms with E-state index in [-0.39, 0.29) is 0 Å². The molecule has 1 aromatic carbocycles. The van der Waals surface area contributed by atoms with Gasteiger partial charge in [-0.25, -0.2) is 0 Å². The molecule has 0 spiro atoms. The fraction of sp³-hybridized carbons (Fsp3) is 0.588. The SMILES string of the molecule is O=C(Cc1ccc2c(c1)CCCC2)N1CCCCC1. The fourth-order valence-electron chi connectivity index (χ4n) is 3.33. The summed E-state index contributed by atoms with van der Waals surface area (Å²) in [6.45, 7) is 1.92. The minimum Gasteiger partial charge on any atom is -0.342 e. The van der Waals surface area contributed by atoms with Crippen molar-refractivity contribution < 1.29 is 4.79 Å². The first-order valence-electron chi connectivity index (χ1n) is 7.71. The number of hydrogen-bond acceptors (Lipinski definition) is 1. The zero-order valence-electron chi connectivity index (χ0n) is 11.7. The van der Waals surface area contributed by atoms with Gasteiger partial charge in [0.25, 0.3) is 0 Å². The van der Waals surface area contributed by atoms with E-state index in [1.165, 1.54) is 61.6 Å². The molecular formula is C17H23NO. The van der Waals surface area contributed by atoms with Crippen molar-refractivity contribution in [1.82, 2.24) is 4.90 Å². The standard InChI is InChI=1S/C17H23NO/c19-17(18-10-4-1-5-11-18)13-14-8-9-15-6-2-3-7-16(15)12-14/h8-9,12H,1-7,10-11,13H2. The molecule has 1 aromatic rings. The highest BCUT2D eigenvalue weighted by Crippen LogP contribution is 2.22. The van der Waals surface area contributed by atoms with Crippen LogP contribution in [0, 0.1) is 0 Å². The number of piperidine rings is 1. The van der Waals surface area contributed by atoms with Crippen molar-refractivity contribution >= 4 is 5.91 Å². The fourth-order valence-corrected chi connectivity index (χ4v) is 3.33. The summed E-state index contributed by atoms with van der Waals surface area (Å²) in [4.78, 5) is 14.3. The molecule has 1 heterocycles. The molecule has 0 N–H and O–H groups in total. The van der Waals surface area contributed by atoms with Gasteiger partial charge in [-0.1, -0.05) is 18.2 Å². The number of amides is 1. The Morgan fingerprint density at radius 3 is 2.47 bits per heavy atom. The molecule has 0 unspecified atom stereocenters. The Morgan fingerprint density at radius 1 is 0.947 bits per heavy atom. The zero-order chi connectivity index (χ0) is 13.1. The molecule has 0 saturated carbocycles. The van der Waals surface area contributed by atoms with Crippen molar-refractivity contribution in [3.05, 3.63) is 34.9 Å². The summed E-state index contributed by atoms with van der Waals surface area (Å²) in [6, 6.07) is 6.68. The van der Waals surface area contributed by atoms with Crippen LogP contribution in [-0.4, -0.2) is 23.9 Å². The van der Waals surface area contributed by atoms with Crippen LogP contribution in [0.25, 0.3) is 0 Å². The summed E-state index contributed by atoms with van der Waals surface area (Å²) >= 11 is 0. The molecule has 1 aliphatic carbocycles. The lowest BCUT2D eigenvalue weighted by Crippen LogP contribution is -2.36. The molecule has 3 rings (SSSR count). The lowest BCUT2D eigenvalue weighted by Gasteiger charge is -2.27. The van der Waals surface area contributed by atoms with Gasteiger partial charge in [0.05, 0.1) is 6.42 Å². The maximum Gasteiger partial charge on any atom is 0.226 e.